The lowest BCUT2D eigenvalue weighted by Gasteiger charge is -2.36. The highest BCUT2D eigenvalue weighted by atomic mass is 31.2. The van der Waals surface area contributed by atoms with Gasteiger partial charge in [-0.05, 0) is 38.8 Å². The van der Waals surface area contributed by atoms with Crippen LogP contribution < -0.4 is 5.32 Å². The minimum Gasteiger partial charge on any atom is -0.307 e. The Kier molecular flexibility index (Phi) is 4.80. The highest BCUT2D eigenvalue weighted by molar-refractivity contribution is 7.55. The molecule has 1 aliphatic heterocycles. The fourth-order valence-electron chi connectivity index (χ4n) is 2.68. The third-order valence-electron chi connectivity index (χ3n) is 3.45. The van der Waals surface area contributed by atoms with Crippen molar-refractivity contribution in [2.75, 3.05) is 19.8 Å². The fraction of sp³-hybridized carbons (Fsp3) is 0.571. The van der Waals surface area contributed by atoms with Crippen molar-refractivity contribution in [1.29, 1.82) is 0 Å². The van der Waals surface area contributed by atoms with Crippen molar-refractivity contribution in [2.24, 2.45) is 0 Å². The summed E-state index contributed by atoms with van der Waals surface area (Å²) in [5, 5.41) is 2.69. The lowest BCUT2D eigenvalue weighted by atomic mass is 10.0. The number of rotatable bonds is 6. The van der Waals surface area contributed by atoms with Crippen LogP contribution in [0.2, 0.25) is 0 Å². The quantitative estimate of drug-likeness (QED) is 0.812. The Morgan fingerprint density at radius 3 is 2.32 bits per heavy atom. The summed E-state index contributed by atoms with van der Waals surface area (Å²) in [7, 11) is -3.23. The maximum Gasteiger partial charge on any atom is 0.355 e. The second-order valence-electron chi connectivity index (χ2n) is 4.59. The summed E-state index contributed by atoms with van der Waals surface area (Å²) >= 11 is 0. The van der Waals surface area contributed by atoms with Crippen LogP contribution in [0.1, 0.15) is 32.3 Å². The average molecular weight is 283 g/mol. The maximum atomic E-state index is 13.2. The second kappa shape index (κ2) is 6.19. The topological polar surface area (TPSA) is 47.6 Å². The Bertz CT molecular complexity index is 433. The van der Waals surface area contributed by atoms with Crippen molar-refractivity contribution in [1.82, 2.24) is 5.32 Å². The third-order valence-corrected chi connectivity index (χ3v) is 6.22. The molecule has 19 heavy (non-hydrogen) atoms. The summed E-state index contributed by atoms with van der Waals surface area (Å²) < 4.78 is 24.4. The molecule has 1 aliphatic rings. The Labute approximate surface area is 115 Å². The first-order valence-corrected chi connectivity index (χ1v) is 8.42. The van der Waals surface area contributed by atoms with Crippen LogP contribution >= 0.6 is 7.60 Å². The van der Waals surface area contributed by atoms with Gasteiger partial charge in [-0.15, -0.1) is 0 Å². The highest BCUT2D eigenvalue weighted by Crippen LogP contribution is 2.66. The predicted octanol–water partition coefficient (Wildman–Crippen LogP) is 3.49. The largest absolute Gasteiger partial charge is 0.355 e. The Morgan fingerprint density at radius 2 is 1.84 bits per heavy atom. The SMILES string of the molecule is CCOP(=O)(OCC)[C@]1(c2ccccc2)CCCN1. The zero-order valence-electron chi connectivity index (χ0n) is 11.6. The van der Waals surface area contributed by atoms with Gasteiger partial charge < -0.3 is 9.05 Å². The summed E-state index contributed by atoms with van der Waals surface area (Å²) in [4.78, 5) is 0. The van der Waals surface area contributed by atoms with Gasteiger partial charge in [0.2, 0.25) is 0 Å². The molecule has 1 saturated heterocycles. The Hall–Kier alpha value is -0.670. The van der Waals surface area contributed by atoms with Crippen molar-refractivity contribution in [2.45, 2.75) is 32.0 Å². The van der Waals surface area contributed by atoms with Crippen LogP contribution in [-0.2, 0) is 18.9 Å². The van der Waals surface area contributed by atoms with Crippen LogP contribution in [0.25, 0.3) is 0 Å². The first-order chi connectivity index (χ1) is 9.18. The van der Waals surface area contributed by atoms with E-state index in [1.54, 1.807) is 0 Å². The lowest BCUT2D eigenvalue weighted by Crippen LogP contribution is -2.38. The summed E-state index contributed by atoms with van der Waals surface area (Å²) in [6.45, 7) is 5.29. The van der Waals surface area contributed by atoms with Gasteiger partial charge in [0.15, 0.2) is 0 Å². The molecule has 2 rings (SSSR count). The van der Waals surface area contributed by atoms with Crippen LogP contribution in [0.4, 0.5) is 0 Å². The molecule has 0 unspecified atom stereocenters. The van der Waals surface area contributed by atoms with Gasteiger partial charge in [-0.2, -0.15) is 0 Å². The van der Waals surface area contributed by atoms with E-state index in [-0.39, 0.29) is 0 Å². The number of hydrogen-bond donors (Lipinski definition) is 1. The molecular weight excluding hydrogens is 261 g/mol. The molecule has 1 aromatic carbocycles. The van der Waals surface area contributed by atoms with Crippen molar-refractivity contribution >= 4 is 7.60 Å². The number of hydrogen-bond acceptors (Lipinski definition) is 4. The zero-order chi connectivity index (χ0) is 13.8. The Balaban J connectivity index is 2.46. The average Bonchev–Trinajstić information content (AvgIpc) is 2.91. The number of benzene rings is 1. The monoisotopic (exact) mass is 283 g/mol. The molecule has 5 heteroatoms. The van der Waals surface area contributed by atoms with Crippen LogP contribution in [0.3, 0.4) is 0 Å². The molecule has 1 N–H and O–H groups in total. The predicted molar refractivity (Wildman–Crippen MR) is 76.2 cm³/mol. The van der Waals surface area contributed by atoms with E-state index in [9.17, 15) is 4.57 Å². The smallest absolute Gasteiger partial charge is 0.307 e. The Morgan fingerprint density at radius 1 is 1.21 bits per heavy atom. The molecule has 0 aromatic heterocycles. The number of nitrogens with one attached hydrogen (secondary N) is 1. The van der Waals surface area contributed by atoms with E-state index >= 15 is 0 Å². The molecule has 1 atom stereocenters. The van der Waals surface area contributed by atoms with Gasteiger partial charge in [0.1, 0.15) is 5.28 Å². The van der Waals surface area contributed by atoms with E-state index in [1.165, 1.54) is 0 Å². The summed E-state index contributed by atoms with van der Waals surface area (Å²) in [6.07, 6.45) is 1.74. The van der Waals surface area contributed by atoms with E-state index in [1.807, 2.05) is 44.2 Å². The van der Waals surface area contributed by atoms with Gasteiger partial charge in [0, 0.05) is 0 Å². The minimum atomic E-state index is -3.23. The van der Waals surface area contributed by atoms with Gasteiger partial charge in [-0.3, -0.25) is 9.88 Å². The molecule has 0 amide bonds. The van der Waals surface area contributed by atoms with Gasteiger partial charge in [0.25, 0.3) is 0 Å². The molecule has 0 spiro atoms. The van der Waals surface area contributed by atoms with Crippen LogP contribution in [-0.4, -0.2) is 19.8 Å². The van der Waals surface area contributed by atoms with Crippen LogP contribution in [0, 0.1) is 0 Å². The van der Waals surface area contributed by atoms with Gasteiger partial charge in [0.05, 0.1) is 13.2 Å². The molecular formula is C14H22NO3P. The van der Waals surface area contributed by atoms with Gasteiger partial charge in [-0.1, -0.05) is 30.3 Å². The fourth-order valence-corrected chi connectivity index (χ4v) is 5.08. The first kappa shape index (κ1) is 14.7. The van der Waals surface area contributed by atoms with Crippen molar-refractivity contribution in [3.8, 4) is 0 Å². The summed E-state index contributed by atoms with van der Waals surface area (Å²) in [5.41, 5.74) is 0.984. The van der Waals surface area contributed by atoms with E-state index in [4.69, 9.17) is 9.05 Å². The van der Waals surface area contributed by atoms with E-state index in [0.29, 0.717) is 13.2 Å². The summed E-state index contributed by atoms with van der Waals surface area (Å²) in [6, 6.07) is 9.85. The molecule has 1 heterocycles. The normalized spacial score (nSPS) is 23.7. The molecule has 1 aromatic rings. The second-order valence-corrected chi connectivity index (χ2v) is 6.86. The molecule has 0 saturated carbocycles. The molecule has 0 bridgehead atoms. The van der Waals surface area contributed by atoms with E-state index in [2.05, 4.69) is 5.32 Å². The molecule has 106 valence electrons. The minimum absolute atomic E-state index is 0.382. The summed E-state index contributed by atoms with van der Waals surface area (Å²) in [5.74, 6) is 0. The van der Waals surface area contributed by atoms with E-state index in [0.717, 1.165) is 24.9 Å². The van der Waals surface area contributed by atoms with Crippen LogP contribution in [0.15, 0.2) is 30.3 Å². The third kappa shape index (κ3) is 2.63. The molecule has 4 nitrogen and oxygen atoms in total. The first-order valence-electron chi connectivity index (χ1n) is 6.88. The van der Waals surface area contributed by atoms with Crippen molar-refractivity contribution in [3.63, 3.8) is 0 Å². The highest BCUT2D eigenvalue weighted by Gasteiger charge is 2.53. The molecule has 0 aliphatic carbocycles. The van der Waals surface area contributed by atoms with Gasteiger partial charge in [-0.25, -0.2) is 0 Å². The lowest BCUT2D eigenvalue weighted by molar-refractivity contribution is 0.190. The molecule has 1 fully saturated rings. The standard InChI is InChI=1S/C14H22NO3P/c1-3-17-19(16,18-4-2)14(11-8-12-15-14)13-9-6-5-7-10-13/h5-7,9-10,15H,3-4,8,11-12H2,1-2H3/t14-/m0/s1. The van der Waals surface area contributed by atoms with Crippen molar-refractivity contribution in [3.05, 3.63) is 35.9 Å². The molecule has 0 radical (unpaired) electrons. The van der Waals surface area contributed by atoms with Gasteiger partial charge >= 0.3 is 7.60 Å². The zero-order valence-corrected chi connectivity index (χ0v) is 12.5. The van der Waals surface area contributed by atoms with Crippen molar-refractivity contribution < 1.29 is 13.6 Å². The van der Waals surface area contributed by atoms with Crippen LogP contribution in [0.5, 0.6) is 0 Å². The van der Waals surface area contributed by atoms with E-state index < -0.39 is 12.9 Å². The maximum absolute atomic E-state index is 13.2.